The summed E-state index contributed by atoms with van der Waals surface area (Å²) >= 11 is 1.80. The molecule has 4 aromatic rings. The van der Waals surface area contributed by atoms with Crippen LogP contribution in [0.2, 0.25) is 0 Å². The molecule has 3 heteroatoms. The first-order valence-electron chi connectivity index (χ1n) is 10.5. The zero-order valence-electron chi connectivity index (χ0n) is 17.4. The Balaban J connectivity index is 1.84. The van der Waals surface area contributed by atoms with Crippen LogP contribution in [0.4, 0.5) is 0 Å². The fourth-order valence-corrected chi connectivity index (χ4v) is 5.25. The van der Waals surface area contributed by atoms with Crippen molar-refractivity contribution in [2.24, 2.45) is 0 Å². The third-order valence-electron chi connectivity index (χ3n) is 5.72. The van der Waals surface area contributed by atoms with Crippen LogP contribution in [0, 0.1) is 11.3 Å². The molecular formula is C28H22N2S. The number of benzene rings is 3. The van der Waals surface area contributed by atoms with Gasteiger partial charge in [0.1, 0.15) is 0 Å². The molecule has 1 heterocycles. The highest BCUT2D eigenvalue weighted by molar-refractivity contribution is 8.01. The van der Waals surface area contributed by atoms with Gasteiger partial charge in [0.15, 0.2) is 0 Å². The van der Waals surface area contributed by atoms with Crippen molar-refractivity contribution in [3.05, 3.63) is 107 Å². The average molecular weight is 419 g/mol. The highest BCUT2D eigenvalue weighted by Crippen LogP contribution is 2.45. The highest BCUT2D eigenvalue weighted by atomic mass is 32.2. The van der Waals surface area contributed by atoms with Gasteiger partial charge in [0.05, 0.1) is 22.8 Å². The van der Waals surface area contributed by atoms with Crippen molar-refractivity contribution in [3.8, 4) is 28.5 Å². The van der Waals surface area contributed by atoms with E-state index in [1.54, 1.807) is 11.9 Å². The lowest BCUT2D eigenvalue weighted by molar-refractivity contribution is 0.948. The topological polar surface area (TPSA) is 28.7 Å². The van der Waals surface area contributed by atoms with Crippen LogP contribution in [0.1, 0.15) is 25.3 Å². The van der Waals surface area contributed by atoms with Crippen molar-refractivity contribution in [3.63, 3.8) is 0 Å². The van der Waals surface area contributed by atoms with E-state index in [0.29, 0.717) is 5.56 Å². The Labute approximate surface area is 187 Å². The predicted molar refractivity (Wildman–Crippen MR) is 132 cm³/mol. The van der Waals surface area contributed by atoms with E-state index in [9.17, 15) is 5.26 Å². The quantitative estimate of drug-likeness (QED) is 0.336. The van der Waals surface area contributed by atoms with E-state index in [2.05, 4.69) is 83.7 Å². The van der Waals surface area contributed by atoms with E-state index in [1.165, 1.54) is 21.4 Å². The highest BCUT2D eigenvalue weighted by Gasteiger charge is 2.23. The third-order valence-corrected chi connectivity index (χ3v) is 6.86. The minimum atomic E-state index is 0.697. The Morgan fingerprint density at radius 3 is 2.35 bits per heavy atom. The monoisotopic (exact) mass is 418 g/mol. The number of aromatic nitrogens is 1. The molecule has 0 amide bonds. The van der Waals surface area contributed by atoms with Crippen molar-refractivity contribution in [1.29, 1.82) is 5.26 Å². The van der Waals surface area contributed by atoms with Gasteiger partial charge in [-0.1, -0.05) is 84.5 Å². The number of nitriles is 1. The van der Waals surface area contributed by atoms with E-state index in [-0.39, 0.29) is 0 Å². The number of rotatable bonds is 4. The largest absolute Gasteiger partial charge is 0.279 e. The van der Waals surface area contributed by atoms with Gasteiger partial charge in [-0.15, -0.1) is 0 Å². The summed E-state index contributed by atoms with van der Waals surface area (Å²) in [7, 11) is 0. The van der Waals surface area contributed by atoms with Crippen LogP contribution in [-0.2, 0) is 0 Å². The number of hydrogen-bond donors (Lipinski definition) is 0. The molecule has 5 rings (SSSR count). The summed E-state index contributed by atoms with van der Waals surface area (Å²) in [6.45, 7) is 2.19. The molecule has 0 fully saturated rings. The molecule has 1 aliphatic rings. The predicted octanol–water partition coefficient (Wildman–Crippen LogP) is 7.97. The molecule has 0 spiro atoms. The molecule has 0 unspecified atom stereocenters. The molecule has 1 aliphatic carbocycles. The number of para-hydroxylation sites is 1. The Bertz CT molecular complexity index is 1370. The summed E-state index contributed by atoms with van der Waals surface area (Å²) in [6, 6.07) is 29.3. The van der Waals surface area contributed by atoms with Gasteiger partial charge in [0, 0.05) is 21.4 Å². The van der Waals surface area contributed by atoms with Crippen LogP contribution < -0.4 is 0 Å². The van der Waals surface area contributed by atoms with E-state index < -0.39 is 0 Å². The zero-order chi connectivity index (χ0) is 21.2. The third kappa shape index (κ3) is 3.60. The lowest BCUT2D eigenvalue weighted by Crippen LogP contribution is -1.96. The molecule has 0 bridgehead atoms. The van der Waals surface area contributed by atoms with Gasteiger partial charge in [0.2, 0.25) is 0 Å². The van der Waals surface area contributed by atoms with Gasteiger partial charge in [-0.3, -0.25) is 3.97 Å². The maximum atomic E-state index is 9.83. The standard InChI is InChI=1S/C28H22N2S/c1-20-15-17-23(18-16-20)31-30-26-14-8-7-13-25(26)27(24-12-6-5-11-22(24)19-29)28(30)21-9-3-2-4-10-21/h2-15,17H,16,18H2,1H3. The van der Waals surface area contributed by atoms with E-state index in [1.807, 2.05) is 24.3 Å². The Hall–Kier alpha value is -3.48. The molecule has 150 valence electrons. The Morgan fingerprint density at radius 2 is 1.58 bits per heavy atom. The fourth-order valence-electron chi connectivity index (χ4n) is 4.15. The molecule has 3 aromatic carbocycles. The van der Waals surface area contributed by atoms with Crippen LogP contribution >= 0.6 is 11.9 Å². The van der Waals surface area contributed by atoms with Crippen LogP contribution in [0.5, 0.6) is 0 Å². The average Bonchev–Trinajstić information content (AvgIpc) is 3.15. The molecule has 0 saturated heterocycles. The molecule has 2 nitrogen and oxygen atoms in total. The second-order valence-electron chi connectivity index (χ2n) is 7.80. The van der Waals surface area contributed by atoms with Crippen molar-refractivity contribution < 1.29 is 0 Å². The number of hydrogen-bond acceptors (Lipinski definition) is 2. The molecule has 1 aromatic heterocycles. The lowest BCUT2D eigenvalue weighted by atomic mass is 9.95. The second kappa shape index (κ2) is 8.34. The molecule has 0 N–H and O–H groups in total. The summed E-state index contributed by atoms with van der Waals surface area (Å²) in [5, 5.41) is 11.0. The minimum absolute atomic E-state index is 0.697. The molecule has 0 atom stereocenters. The fraction of sp³-hybridized carbons (Fsp3) is 0.107. The van der Waals surface area contributed by atoms with E-state index in [0.717, 1.165) is 35.2 Å². The van der Waals surface area contributed by atoms with E-state index >= 15 is 0 Å². The lowest BCUT2D eigenvalue weighted by Gasteiger charge is -2.16. The van der Waals surface area contributed by atoms with Crippen molar-refractivity contribution in [1.82, 2.24) is 3.97 Å². The van der Waals surface area contributed by atoms with E-state index in [4.69, 9.17) is 0 Å². The minimum Gasteiger partial charge on any atom is -0.279 e. The van der Waals surface area contributed by atoms with Crippen LogP contribution in [0.25, 0.3) is 33.3 Å². The zero-order valence-corrected chi connectivity index (χ0v) is 18.2. The summed E-state index contributed by atoms with van der Waals surface area (Å²) in [5.41, 5.74) is 7.68. The molecule has 0 saturated carbocycles. The Morgan fingerprint density at radius 1 is 0.839 bits per heavy atom. The number of fused-ring (bicyclic) bond motifs is 1. The van der Waals surface area contributed by atoms with Crippen LogP contribution in [-0.4, -0.2) is 3.97 Å². The summed E-state index contributed by atoms with van der Waals surface area (Å²) in [6.07, 6.45) is 6.63. The van der Waals surface area contributed by atoms with Crippen molar-refractivity contribution in [2.45, 2.75) is 19.8 Å². The van der Waals surface area contributed by atoms with Gasteiger partial charge >= 0.3 is 0 Å². The maximum absolute atomic E-state index is 9.83. The van der Waals surface area contributed by atoms with Crippen molar-refractivity contribution in [2.75, 3.05) is 0 Å². The van der Waals surface area contributed by atoms with Gasteiger partial charge in [0.25, 0.3) is 0 Å². The molecule has 0 radical (unpaired) electrons. The normalized spacial score (nSPS) is 13.5. The van der Waals surface area contributed by atoms with Crippen molar-refractivity contribution >= 4 is 22.9 Å². The first-order valence-corrected chi connectivity index (χ1v) is 11.3. The van der Waals surface area contributed by atoms with Gasteiger partial charge in [-0.2, -0.15) is 5.26 Å². The Kier molecular flexibility index (Phi) is 5.24. The maximum Gasteiger partial charge on any atom is 0.0998 e. The van der Waals surface area contributed by atoms with Gasteiger partial charge < -0.3 is 0 Å². The van der Waals surface area contributed by atoms with Crippen LogP contribution in [0.3, 0.4) is 0 Å². The molecular weight excluding hydrogens is 396 g/mol. The van der Waals surface area contributed by atoms with Gasteiger partial charge in [-0.05, 0) is 49.4 Å². The second-order valence-corrected chi connectivity index (χ2v) is 8.87. The number of nitrogens with zero attached hydrogens (tertiary/aromatic N) is 2. The molecule has 0 aliphatic heterocycles. The summed E-state index contributed by atoms with van der Waals surface area (Å²) in [5.74, 6) is 0. The molecule has 31 heavy (non-hydrogen) atoms. The smallest absolute Gasteiger partial charge is 0.0998 e. The summed E-state index contributed by atoms with van der Waals surface area (Å²) < 4.78 is 2.36. The SMILES string of the molecule is CC1=CC=C(Sn2c(-c3ccccc3)c(-c3ccccc3C#N)c3ccccc32)CC1. The van der Waals surface area contributed by atoms with Gasteiger partial charge in [-0.25, -0.2) is 0 Å². The first kappa shape index (κ1) is 19.5. The first-order chi connectivity index (χ1) is 15.3. The summed E-state index contributed by atoms with van der Waals surface area (Å²) in [4.78, 5) is 1.35. The number of allylic oxidation sites excluding steroid dienone is 4. The van der Waals surface area contributed by atoms with Crippen LogP contribution in [0.15, 0.2) is 101 Å².